The van der Waals surface area contributed by atoms with E-state index >= 15 is 0 Å². The molecule has 2 amide bonds. The Kier molecular flexibility index (Phi) is 3.48. The highest BCUT2D eigenvalue weighted by atomic mass is 16.5. The van der Waals surface area contributed by atoms with E-state index in [1.54, 1.807) is 24.1 Å². The first-order chi connectivity index (χ1) is 9.72. The van der Waals surface area contributed by atoms with Crippen LogP contribution in [0, 0.1) is 0 Å². The van der Waals surface area contributed by atoms with Crippen molar-refractivity contribution >= 4 is 11.8 Å². The molecule has 0 aromatic carbocycles. The predicted molar refractivity (Wildman–Crippen MR) is 70.1 cm³/mol. The summed E-state index contributed by atoms with van der Waals surface area (Å²) >= 11 is 0. The Morgan fingerprint density at radius 2 is 2.35 bits per heavy atom. The number of furan rings is 1. The number of hydrogen-bond donors (Lipinski definition) is 0. The predicted octanol–water partition coefficient (Wildman–Crippen LogP) is 0.741. The third-order valence-electron chi connectivity index (χ3n) is 4.14. The number of amides is 2. The first-order valence-corrected chi connectivity index (χ1v) is 6.85. The molecule has 108 valence electrons. The molecule has 1 aromatic heterocycles. The molecule has 2 atom stereocenters. The summed E-state index contributed by atoms with van der Waals surface area (Å²) in [6.45, 7) is 1.80. The van der Waals surface area contributed by atoms with Crippen LogP contribution in [0.25, 0.3) is 0 Å². The zero-order valence-corrected chi connectivity index (χ0v) is 11.4. The van der Waals surface area contributed by atoms with Gasteiger partial charge in [-0.05, 0) is 18.6 Å². The van der Waals surface area contributed by atoms with E-state index in [9.17, 15) is 9.59 Å². The van der Waals surface area contributed by atoms with Crippen molar-refractivity contribution in [2.24, 2.45) is 0 Å². The standard InChI is InChI=1S/C14H18N2O4/c1-19-8-6-15-10-4-5-16(11(10)9-13(15)17)14(18)12-3-2-7-20-12/h2-3,7,10-11H,4-6,8-9H2,1H3/t10-,11-/m0/s1. The number of carbonyl (C=O) groups is 2. The highest BCUT2D eigenvalue weighted by Crippen LogP contribution is 2.33. The first kappa shape index (κ1) is 13.2. The second kappa shape index (κ2) is 5.28. The lowest BCUT2D eigenvalue weighted by molar-refractivity contribution is -0.129. The van der Waals surface area contributed by atoms with Gasteiger partial charge in [0.2, 0.25) is 5.91 Å². The molecular formula is C14H18N2O4. The summed E-state index contributed by atoms with van der Waals surface area (Å²) in [6.07, 6.45) is 2.72. The molecule has 3 rings (SSSR count). The van der Waals surface area contributed by atoms with Crippen molar-refractivity contribution < 1.29 is 18.7 Å². The maximum absolute atomic E-state index is 12.4. The average molecular weight is 278 g/mol. The maximum Gasteiger partial charge on any atom is 0.289 e. The zero-order chi connectivity index (χ0) is 14.1. The van der Waals surface area contributed by atoms with E-state index < -0.39 is 0 Å². The normalized spacial score (nSPS) is 25.4. The van der Waals surface area contributed by atoms with E-state index in [0.717, 1.165) is 6.42 Å². The smallest absolute Gasteiger partial charge is 0.289 e. The number of hydrogen-bond acceptors (Lipinski definition) is 4. The van der Waals surface area contributed by atoms with Crippen molar-refractivity contribution in [3.63, 3.8) is 0 Å². The number of carbonyl (C=O) groups excluding carboxylic acids is 2. The molecule has 0 aliphatic carbocycles. The van der Waals surface area contributed by atoms with E-state index in [1.165, 1.54) is 6.26 Å². The van der Waals surface area contributed by atoms with Gasteiger partial charge in [0.15, 0.2) is 5.76 Å². The molecule has 6 heteroatoms. The molecule has 1 aromatic rings. The van der Waals surface area contributed by atoms with Gasteiger partial charge in [0.1, 0.15) is 0 Å². The molecule has 6 nitrogen and oxygen atoms in total. The van der Waals surface area contributed by atoms with Crippen molar-refractivity contribution in [1.82, 2.24) is 9.80 Å². The number of fused-ring (bicyclic) bond motifs is 1. The molecule has 2 aliphatic heterocycles. The Bertz CT molecular complexity index is 499. The lowest BCUT2D eigenvalue weighted by Gasteiger charge is -2.24. The Labute approximate surface area is 117 Å². The minimum atomic E-state index is -0.121. The quantitative estimate of drug-likeness (QED) is 0.815. The zero-order valence-electron chi connectivity index (χ0n) is 11.4. The number of methoxy groups -OCH3 is 1. The maximum atomic E-state index is 12.4. The summed E-state index contributed by atoms with van der Waals surface area (Å²) in [5.74, 6) is 0.325. The van der Waals surface area contributed by atoms with Gasteiger partial charge < -0.3 is 19.0 Å². The molecule has 2 fully saturated rings. The van der Waals surface area contributed by atoms with Crippen LogP contribution >= 0.6 is 0 Å². The Morgan fingerprint density at radius 1 is 1.50 bits per heavy atom. The molecule has 0 radical (unpaired) electrons. The summed E-state index contributed by atoms with van der Waals surface area (Å²) in [7, 11) is 1.62. The molecule has 0 N–H and O–H groups in total. The van der Waals surface area contributed by atoms with Crippen LogP contribution < -0.4 is 0 Å². The van der Waals surface area contributed by atoms with E-state index in [0.29, 0.717) is 31.9 Å². The van der Waals surface area contributed by atoms with E-state index in [1.807, 2.05) is 4.90 Å². The van der Waals surface area contributed by atoms with Crippen LogP contribution in [0.2, 0.25) is 0 Å². The van der Waals surface area contributed by atoms with Crippen LogP contribution in [-0.2, 0) is 9.53 Å². The van der Waals surface area contributed by atoms with Gasteiger partial charge in [-0.2, -0.15) is 0 Å². The van der Waals surface area contributed by atoms with E-state index in [4.69, 9.17) is 9.15 Å². The summed E-state index contributed by atoms with van der Waals surface area (Å²) in [5.41, 5.74) is 0. The fourth-order valence-electron chi connectivity index (χ4n) is 3.20. The topological polar surface area (TPSA) is 63.0 Å². The van der Waals surface area contributed by atoms with Gasteiger partial charge in [0.05, 0.1) is 25.0 Å². The second-order valence-electron chi connectivity index (χ2n) is 5.18. The van der Waals surface area contributed by atoms with Crippen LogP contribution in [0.3, 0.4) is 0 Å². The van der Waals surface area contributed by atoms with E-state index in [2.05, 4.69) is 0 Å². The Hall–Kier alpha value is -1.82. The van der Waals surface area contributed by atoms with E-state index in [-0.39, 0.29) is 23.9 Å². The van der Waals surface area contributed by atoms with Crippen LogP contribution in [0.15, 0.2) is 22.8 Å². The number of likely N-dealkylation sites (tertiary alicyclic amines) is 2. The van der Waals surface area contributed by atoms with Crippen molar-refractivity contribution in [2.75, 3.05) is 26.8 Å². The summed E-state index contributed by atoms with van der Waals surface area (Å²) in [6, 6.07) is 3.45. The fourth-order valence-corrected chi connectivity index (χ4v) is 3.20. The molecule has 0 bridgehead atoms. The van der Waals surface area contributed by atoms with Gasteiger partial charge in [-0.25, -0.2) is 0 Å². The van der Waals surface area contributed by atoms with Gasteiger partial charge in [-0.15, -0.1) is 0 Å². The van der Waals surface area contributed by atoms with Gasteiger partial charge in [-0.3, -0.25) is 9.59 Å². The van der Waals surface area contributed by atoms with Gasteiger partial charge in [0.25, 0.3) is 5.91 Å². The number of rotatable bonds is 4. The second-order valence-corrected chi connectivity index (χ2v) is 5.18. The summed E-state index contributed by atoms with van der Waals surface area (Å²) in [5, 5.41) is 0. The fraction of sp³-hybridized carbons (Fsp3) is 0.571. The molecule has 0 unspecified atom stereocenters. The third kappa shape index (κ3) is 2.10. The van der Waals surface area contributed by atoms with Gasteiger partial charge in [-0.1, -0.05) is 0 Å². The summed E-state index contributed by atoms with van der Waals surface area (Å²) in [4.78, 5) is 28.0. The van der Waals surface area contributed by atoms with Gasteiger partial charge >= 0.3 is 0 Å². The van der Waals surface area contributed by atoms with Crippen molar-refractivity contribution in [2.45, 2.75) is 24.9 Å². The number of ether oxygens (including phenoxy) is 1. The monoisotopic (exact) mass is 278 g/mol. The van der Waals surface area contributed by atoms with Crippen LogP contribution in [0.5, 0.6) is 0 Å². The van der Waals surface area contributed by atoms with Crippen molar-refractivity contribution in [3.05, 3.63) is 24.2 Å². The highest BCUT2D eigenvalue weighted by molar-refractivity contribution is 5.93. The highest BCUT2D eigenvalue weighted by Gasteiger charge is 2.48. The molecule has 20 heavy (non-hydrogen) atoms. The van der Waals surface area contributed by atoms with Crippen LogP contribution in [0.1, 0.15) is 23.4 Å². The molecule has 2 aliphatic rings. The largest absolute Gasteiger partial charge is 0.459 e. The third-order valence-corrected chi connectivity index (χ3v) is 4.14. The molecule has 2 saturated heterocycles. The minimum Gasteiger partial charge on any atom is -0.459 e. The molecule has 0 saturated carbocycles. The van der Waals surface area contributed by atoms with Crippen molar-refractivity contribution in [1.29, 1.82) is 0 Å². The van der Waals surface area contributed by atoms with Crippen molar-refractivity contribution in [3.8, 4) is 0 Å². The molecular weight excluding hydrogens is 260 g/mol. The first-order valence-electron chi connectivity index (χ1n) is 6.85. The molecule has 3 heterocycles. The molecule has 0 spiro atoms. The average Bonchev–Trinajstić information content (AvgIpc) is 3.12. The summed E-state index contributed by atoms with van der Waals surface area (Å²) < 4.78 is 10.2. The lowest BCUT2D eigenvalue weighted by atomic mass is 10.1. The lowest BCUT2D eigenvalue weighted by Crippen LogP contribution is -2.40. The SMILES string of the molecule is COCCN1C(=O)C[C@H]2[C@@H]1CCN2C(=O)c1ccco1. The Morgan fingerprint density at radius 3 is 3.05 bits per heavy atom. The Balaban J connectivity index is 1.73. The van der Waals surface area contributed by atoms with Crippen LogP contribution in [0.4, 0.5) is 0 Å². The van der Waals surface area contributed by atoms with Crippen LogP contribution in [-0.4, -0.2) is 60.5 Å². The van der Waals surface area contributed by atoms with Gasteiger partial charge in [0, 0.05) is 26.6 Å². The number of nitrogens with zero attached hydrogens (tertiary/aromatic N) is 2. The minimum absolute atomic E-state index is 0.0306.